The zero-order chi connectivity index (χ0) is 20.1. The number of carbonyl (C=O) groups is 1. The van der Waals surface area contributed by atoms with Crippen LogP contribution in [-0.2, 0) is 4.79 Å². The average molecular weight is 386 g/mol. The highest BCUT2D eigenvalue weighted by atomic mass is 16.3. The highest BCUT2D eigenvalue weighted by Gasteiger charge is 2.36. The van der Waals surface area contributed by atoms with Gasteiger partial charge in [-0.15, -0.1) is 0 Å². The van der Waals surface area contributed by atoms with Crippen LogP contribution in [0.3, 0.4) is 0 Å². The quantitative estimate of drug-likeness (QED) is 0.707. The third-order valence-electron chi connectivity index (χ3n) is 5.40. The molecule has 3 N–H and O–H groups in total. The number of aryl methyl sites for hydroxylation is 1. The van der Waals surface area contributed by atoms with Crippen molar-refractivity contribution in [1.82, 2.24) is 14.9 Å². The number of aromatic nitrogens is 2. The number of nitrogens with zero attached hydrogens (tertiary/aromatic N) is 4. The van der Waals surface area contributed by atoms with Crippen LogP contribution in [0.1, 0.15) is 37.8 Å². The second kappa shape index (κ2) is 8.84. The normalized spacial score (nSPS) is 19.8. The van der Waals surface area contributed by atoms with Crippen molar-refractivity contribution in [2.45, 2.75) is 44.6 Å². The van der Waals surface area contributed by atoms with Crippen LogP contribution in [-0.4, -0.2) is 64.7 Å². The maximum atomic E-state index is 12.3. The van der Waals surface area contributed by atoms with Gasteiger partial charge in [0.25, 0.3) is 0 Å². The van der Waals surface area contributed by atoms with E-state index in [1.165, 1.54) is 0 Å². The number of β-amino-alcohol motifs (C(OH)–C–C–N with tert-alkyl or cyclic N) is 1. The van der Waals surface area contributed by atoms with E-state index in [2.05, 4.69) is 14.9 Å². The first kappa shape index (κ1) is 20.5. The summed E-state index contributed by atoms with van der Waals surface area (Å²) < 4.78 is 0. The molecule has 0 bridgehead atoms. The highest BCUT2D eigenvalue weighted by Crippen LogP contribution is 2.30. The summed E-state index contributed by atoms with van der Waals surface area (Å²) in [5, 5.41) is 11.2. The molecule has 152 valence electrons. The number of piperidine rings is 1. The largest absolute Gasteiger partial charge is 0.386 e. The second-order valence-corrected chi connectivity index (χ2v) is 7.90. The maximum Gasteiger partial charge on any atom is 0.222 e. The van der Waals surface area contributed by atoms with Gasteiger partial charge < -0.3 is 20.6 Å². The Morgan fingerprint density at radius 2 is 2.18 bits per heavy atom. The van der Waals surface area contributed by atoms with Gasteiger partial charge in [-0.05, 0) is 57.4 Å². The van der Waals surface area contributed by atoms with Crippen molar-refractivity contribution in [1.29, 1.82) is 0 Å². The van der Waals surface area contributed by atoms with Crippen molar-refractivity contribution in [3.8, 4) is 0 Å². The number of hydrogen-bond donors (Lipinski definition) is 2. The number of aliphatic hydroxyl groups is 1. The monoisotopic (exact) mass is 385 g/mol. The van der Waals surface area contributed by atoms with E-state index in [4.69, 9.17) is 5.73 Å². The molecule has 7 heteroatoms. The SMILES string of the molecule is Cc1ccc2nccc(N3CCC[C@](O)(CN(C)C(=O)CCCCN)C3)c2n1. The molecule has 1 aliphatic rings. The topological polar surface area (TPSA) is 95.6 Å². The summed E-state index contributed by atoms with van der Waals surface area (Å²) in [7, 11) is 1.77. The molecule has 28 heavy (non-hydrogen) atoms. The molecule has 0 aliphatic carbocycles. The Bertz CT molecular complexity index is 828. The minimum atomic E-state index is -0.935. The van der Waals surface area contributed by atoms with E-state index in [0.29, 0.717) is 32.5 Å². The molecule has 3 heterocycles. The molecule has 2 aromatic heterocycles. The smallest absolute Gasteiger partial charge is 0.222 e. The second-order valence-electron chi connectivity index (χ2n) is 7.90. The van der Waals surface area contributed by atoms with Gasteiger partial charge in [-0.3, -0.25) is 9.78 Å². The third-order valence-corrected chi connectivity index (χ3v) is 5.40. The molecular weight excluding hydrogens is 354 g/mol. The number of carbonyl (C=O) groups excluding carboxylic acids is 1. The van der Waals surface area contributed by atoms with Crippen molar-refractivity contribution >= 4 is 22.6 Å². The van der Waals surface area contributed by atoms with Crippen LogP contribution in [0.15, 0.2) is 24.4 Å². The van der Waals surface area contributed by atoms with E-state index in [1.54, 1.807) is 18.1 Å². The summed E-state index contributed by atoms with van der Waals surface area (Å²) in [4.78, 5) is 25.2. The van der Waals surface area contributed by atoms with E-state index < -0.39 is 5.60 Å². The molecule has 7 nitrogen and oxygen atoms in total. The Balaban J connectivity index is 1.73. The average Bonchev–Trinajstić information content (AvgIpc) is 2.67. The lowest BCUT2D eigenvalue weighted by molar-refractivity contribution is -0.133. The Hall–Kier alpha value is -2.25. The molecule has 1 fully saturated rings. The standard InChI is InChI=1S/C21H31N5O2/c1-16-7-8-17-20(24-16)18(9-12-23-17)26-13-5-10-21(28,15-26)14-25(2)19(27)6-3-4-11-22/h7-9,12,28H,3-6,10-11,13-15,22H2,1-2H3/t21-/m0/s1. The van der Waals surface area contributed by atoms with E-state index in [0.717, 1.165) is 48.2 Å². The molecule has 2 aromatic rings. The van der Waals surface area contributed by atoms with Gasteiger partial charge in [0.2, 0.25) is 5.91 Å². The Morgan fingerprint density at radius 1 is 1.36 bits per heavy atom. The zero-order valence-electron chi connectivity index (χ0n) is 16.9. The van der Waals surface area contributed by atoms with Gasteiger partial charge in [0.1, 0.15) is 5.52 Å². The summed E-state index contributed by atoms with van der Waals surface area (Å²) in [5.41, 5.74) is 8.21. The molecule has 1 aliphatic heterocycles. The minimum absolute atomic E-state index is 0.0608. The first-order chi connectivity index (χ1) is 13.4. The van der Waals surface area contributed by atoms with Gasteiger partial charge in [0.05, 0.1) is 23.3 Å². The molecule has 1 atom stereocenters. The predicted molar refractivity (Wildman–Crippen MR) is 111 cm³/mol. The van der Waals surface area contributed by atoms with Gasteiger partial charge in [-0.2, -0.15) is 0 Å². The number of unbranched alkanes of at least 4 members (excludes halogenated alkanes) is 1. The van der Waals surface area contributed by atoms with Crippen molar-refractivity contribution < 1.29 is 9.90 Å². The molecule has 0 spiro atoms. The number of nitrogens with two attached hydrogens (primary N) is 1. The fraction of sp³-hybridized carbons (Fsp3) is 0.571. The Morgan fingerprint density at radius 3 is 2.96 bits per heavy atom. The summed E-state index contributed by atoms with van der Waals surface area (Å²) in [6.45, 7) is 4.23. The number of pyridine rings is 2. The number of fused-ring (bicyclic) bond motifs is 1. The van der Waals surface area contributed by atoms with E-state index in [9.17, 15) is 9.90 Å². The lowest BCUT2D eigenvalue weighted by Crippen LogP contribution is -2.54. The number of likely N-dealkylation sites (N-methyl/N-ethyl adjacent to an activating group) is 1. The predicted octanol–water partition coefficient (Wildman–Crippen LogP) is 1.86. The van der Waals surface area contributed by atoms with E-state index in [1.807, 2.05) is 25.1 Å². The first-order valence-electron chi connectivity index (χ1n) is 10.1. The maximum absolute atomic E-state index is 12.3. The minimum Gasteiger partial charge on any atom is -0.386 e. The summed E-state index contributed by atoms with van der Waals surface area (Å²) >= 11 is 0. The van der Waals surface area contributed by atoms with Crippen LogP contribution < -0.4 is 10.6 Å². The molecule has 0 radical (unpaired) electrons. The fourth-order valence-electron chi connectivity index (χ4n) is 3.95. The van der Waals surface area contributed by atoms with E-state index in [-0.39, 0.29) is 5.91 Å². The van der Waals surface area contributed by atoms with Crippen LogP contribution in [0.5, 0.6) is 0 Å². The summed E-state index contributed by atoms with van der Waals surface area (Å²) in [5.74, 6) is 0.0608. The van der Waals surface area contributed by atoms with Gasteiger partial charge in [0.15, 0.2) is 0 Å². The van der Waals surface area contributed by atoms with Crippen LogP contribution in [0.2, 0.25) is 0 Å². The fourth-order valence-corrected chi connectivity index (χ4v) is 3.95. The number of rotatable bonds is 7. The van der Waals surface area contributed by atoms with Gasteiger partial charge in [-0.25, -0.2) is 4.98 Å². The van der Waals surface area contributed by atoms with Crippen molar-refractivity contribution in [2.75, 3.05) is 38.1 Å². The highest BCUT2D eigenvalue weighted by molar-refractivity contribution is 5.88. The number of amides is 1. The Kier molecular flexibility index (Phi) is 6.46. The van der Waals surface area contributed by atoms with Crippen molar-refractivity contribution in [2.24, 2.45) is 5.73 Å². The summed E-state index contributed by atoms with van der Waals surface area (Å²) in [6.07, 6.45) is 5.44. The molecule has 0 aromatic carbocycles. The molecule has 0 saturated carbocycles. The first-order valence-corrected chi connectivity index (χ1v) is 10.1. The number of anilines is 1. The third kappa shape index (κ3) is 4.77. The molecule has 1 amide bonds. The van der Waals surface area contributed by atoms with Crippen molar-refractivity contribution in [3.05, 3.63) is 30.1 Å². The lowest BCUT2D eigenvalue weighted by atomic mass is 9.91. The van der Waals surface area contributed by atoms with Crippen LogP contribution in [0.4, 0.5) is 5.69 Å². The van der Waals surface area contributed by atoms with Gasteiger partial charge >= 0.3 is 0 Å². The van der Waals surface area contributed by atoms with Gasteiger partial charge in [-0.1, -0.05) is 0 Å². The molecule has 3 rings (SSSR count). The van der Waals surface area contributed by atoms with Crippen molar-refractivity contribution in [3.63, 3.8) is 0 Å². The summed E-state index contributed by atoms with van der Waals surface area (Å²) in [6, 6.07) is 5.89. The molecule has 1 saturated heterocycles. The number of hydrogen-bond acceptors (Lipinski definition) is 6. The lowest BCUT2D eigenvalue weighted by Gasteiger charge is -2.42. The van der Waals surface area contributed by atoms with Crippen LogP contribution in [0.25, 0.3) is 11.0 Å². The van der Waals surface area contributed by atoms with Gasteiger partial charge in [0, 0.05) is 38.4 Å². The zero-order valence-corrected chi connectivity index (χ0v) is 16.9. The molecular formula is C21H31N5O2. The van der Waals surface area contributed by atoms with E-state index >= 15 is 0 Å². The van der Waals surface area contributed by atoms with Crippen LogP contribution >= 0.6 is 0 Å². The molecule has 0 unspecified atom stereocenters. The van der Waals surface area contributed by atoms with Crippen LogP contribution in [0, 0.1) is 6.92 Å². The Labute approximate surface area is 166 Å².